The molecule has 1 heterocycles. The van der Waals surface area contributed by atoms with Gasteiger partial charge >= 0.3 is 0 Å². The van der Waals surface area contributed by atoms with Crippen molar-refractivity contribution in [3.63, 3.8) is 0 Å². The summed E-state index contributed by atoms with van der Waals surface area (Å²) in [5.74, 6) is 0.116. The highest BCUT2D eigenvalue weighted by atomic mass is 32.2. The number of Topliss-reactive ketones (excluding diaryl/α,β-unsaturated/α-hetero) is 1. The summed E-state index contributed by atoms with van der Waals surface area (Å²) in [5, 5.41) is 0. The summed E-state index contributed by atoms with van der Waals surface area (Å²) in [4.78, 5) is 12.5. The van der Waals surface area contributed by atoms with Gasteiger partial charge in [0.2, 0.25) is 0 Å². The molecule has 1 aliphatic heterocycles. The summed E-state index contributed by atoms with van der Waals surface area (Å²) >= 11 is 0. The lowest BCUT2D eigenvalue weighted by atomic mass is 10.1. The maximum absolute atomic E-state index is 11.9. The molecule has 1 aliphatic rings. The van der Waals surface area contributed by atoms with Gasteiger partial charge in [0.05, 0.1) is 23.2 Å². The van der Waals surface area contributed by atoms with Crippen molar-refractivity contribution in [2.45, 2.75) is 11.3 Å². The van der Waals surface area contributed by atoms with E-state index < -0.39 is 10.8 Å². The molecular weight excluding hydrogens is 224 g/mol. The van der Waals surface area contributed by atoms with Crippen LogP contribution in [0.3, 0.4) is 0 Å². The van der Waals surface area contributed by atoms with E-state index in [2.05, 4.69) is 0 Å². The second-order valence-electron chi connectivity index (χ2n) is 3.83. The Bertz CT molecular complexity index is 383. The van der Waals surface area contributed by atoms with Crippen LogP contribution in [0.25, 0.3) is 0 Å². The van der Waals surface area contributed by atoms with E-state index in [0.29, 0.717) is 13.2 Å². The Balaban J connectivity index is 1.94. The fraction of sp³-hybridized carbons (Fsp3) is 0.417. The van der Waals surface area contributed by atoms with Gasteiger partial charge in [-0.15, -0.1) is 0 Å². The Morgan fingerprint density at radius 2 is 2.12 bits per heavy atom. The molecule has 86 valence electrons. The van der Waals surface area contributed by atoms with Crippen LogP contribution in [-0.4, -0.2) is 29.0 Å². The predicted octanol–water partition coefficient (Wildman–Crippen LogP) is 1.40. The Morgan fingerprint density at radius 3 is 2.75 bits per heavy atom. The van der Waals surface area contributed by atoms with E-state index in [0.717, 1.165) is 11.3 Å². The van der Waals surface area contributed by atoms with Gasteiger partial charge < -0.3 is 4.74 Å². The Morgan fingerprint density at radius 1 is 1.38 bits per heavy atom. The molecule has 0 bridgehead atoms. The molecule has 2 rings (SSSR count). The van der Waals surface area contributed by atoms with Gasteiger partial charge in [-0.25, -0.2) is 0 Å². The summed E-state index contributed by atoms with van der Waals surface area (Å²) in [5.41, 5.74) is 0. The van der Waals surface area contributed by atoms with Crippen LogP contribution in [0.1, 0.15) is 6.42 Å². The van der Waals surface area contributed by atoms with Crippen molar-refractivity contribution in [3.05, 3.63) is 30.3 Å². The molecule has 1 saturated heterocycles. The van der Waals surface area contributed by atoms with Crippen LogP contribution in [0.15, 0.2) is 35.2 Å². The van der Waals surface area contributed by atoms with E-state index in [1.165, 1.54) is 0 Å². The van der Waals surface area contributed by atoms with Crippen LogP contribution in [-0.2, 0) is 20.3 Å². The maximum atomic E-state index is 11.9. The zero-order valence-electron chi connectivity index (χ0n) is 8.93. The minimum Gasteiger partial charge on any atom is -0.381 e. The lowest BCUT2D eigenvalue weighted by Crippen LogP contribution is -2.21. The molecule has 0 radical (unpaired) electrons. The van der Waals surface area contributed by atoms with Gasteiger partial charge in [-0.3, -0.25) is 9.00 Å². The predicted molar refractivity (Wildman–Crippen MR) is 61.7 cm³/mol. The van der Waals surface area contributed by atoms with Crippen molar-refractivity contribution in [2.75, 3.05) is 19.0 Å². The van der Waals surface area contributed by atoms with E-state index in [4.69, 9.17) is 4.74 Å². The lowest BCUT2D eigenvalue weighted by molar-refractivity contribution is -0.120. The second kappa shape index (κ2) is 5.37. The molecular formula is C12H14O3S. The van der Waals surface area contributed by atoms with Crippen LogP contribution in [0, 0.1) is 5.92 Å². The number of rotatable bonds is 4. The van der Waals surface area contributed by atoms with E-state index in [9.17, 15) is 9.00 Å². The topological polar surface area (TPSA) is 43.4 Å². The number of carbonyl (C=O) groups excluding carboxylic acids is 1. The summed E-state index contributed by atoms with van der Waals surface area (Å²) < 4.78 is 17.0. The number of ether oxygens (including phenoxy) is 1. The van der Waals surface area contributed by atoms with Crippen molar-refractivity contribution in [2.24, 2.45) is 5.92 Å². The fourth-order valence-electron chi connectivity index (χ4n) is 1.69. The molecule has 1 aromatic rings. The van der Waals surface area contributed by atoms with Gasteiger partial charge in [0.15, 0.2) is 5.78 Å². The molecule has 3 nitrogen and oxygen atoms in total. The van der Waals surface area contributed by atoms with Crippen LogP contribution in [0.5, 0.6) is 0 Å². The highest BCUT2D eigenvalue weighted by Gasteiger charge is 2.24. The van der Waals surface area contributed by atoms with Gasteiger partial charge in [0.1, 0.15) is 0 Å². The summed E-state index contributed by atoms with van der Waals surface area (Å²) in [6.45, 7) is 1.14. The average Bonchev–Trinajstić information content (AvgIpc) is 2.83. The van der Waals surface area contributed by atoms with Crippen molar-refractivity contribution in [1.29, 1.82) is 0 Å². The number of hydrogen-bond donors (Lipinski definition) is 0. The molecule has 2 unspecified atom stereocenters. The Kier molecular flexibility index (Phi) is 3.85. The molecule has 0 amide bonds. The molecule has 1 aromatic carbocycles. The minimum atomic E-state index is -1.21. The molecule has 0 aliphatic carbocycles. The highest BCUT2D eigenvalue weighted by molar-refractivity contribution is 7.85. The molecule has 0 N–H and O–H groups in total. The molecule has 0 aromatic heterocycles. The first kappa shape index (κ1) is 11.5. The first-order valence-corrected chi connectivity index (χ1v) is 6.63. The lowest BCUT2D eigenvalue weighted by Gasteiger charge is -2.06. The molecule has 0 saturated carbocycles. The first-order valence-electron chi connectivity index (χ1n) is 5.31. The Labute approximate surface area is 97.3 Å². The van der Waals surface area contributed by atoms with E-state index >= 15 is 0 Å². The maximum Gasteiger partial charge on any atom is 0.151 e. The van der Waals surface area contributed by atoms with Crippen LogP contribution in [0.4, 0.5) is 0 Å². The fourth-order valence-corrected chi connectivity index (χ4v) is 2.81. The smallest absolute Gasteiger partial charge is 0.151 e. The third kappa shape index (κ3) is 2.77. The molecule has 0 spiro atoms. The number of ketones is 1. The quantitative estimate of drug-likeness (QED) is 0.796. The summed E-state index contributed by atoms with van der Waals surface area (Å²) in [7, 11) is -1.21. The van der Waals surface area contributed by atoms with E-state index in [-0.39, 0.29) is 17.5 Å². The van der Waals surface area contributed by atoms with Crippen molar-refractivity contribution in [3.8, 4) is 0 Å². The van der Waals surface area contributed by atoms with Crippen LogP contribution in [0.2, 0.25) is 0 Å². The van der Waals surface area contributed by atoms with Gasteiger partial charge in [-0.1, -0.05) is 18.2 Å². The zero-order chi connectivity index (χ0) is 11.4. The van der Waals surface area contributed by atoms with Crippen LogP contribution >= 0.6 is 0 Å². The van der Waals surface area contributed by atoms with Crippen molar-refractivity contribution >= 4 is 16.6 Å². The number of hydrogen-bond acceptors (Lipinski definition) is 3. The number of carbonyl (C=O) groups is 1. The Hall–Kier alpha value is -1.00. The third-order valence-corrected chi connectivity index (χ3v) is 4.01. The van der Waals surface area contributed by atoms with Crippen molar-refractivity contribution in [1.82, 2.24) is 0 Å². The minimum absolute atomic E-state index is 0.0485. The molecule has 16 heavy (non-hydrogen) atoms. The second-order valence-corrected chi connectivity index (χ2v) is 5.28. The SMILES string of the molecule is O=C(CS(=O)c1ccccc1)C1CCOC1. The molecule has 2 atom stereocenters. The van der Waals surface area contributed by atoms with Gasteiger partial charge in [-0.2, -0.15) is 0 Å². The van der Waals surface area contributed by atoms with Gasteiger partial charge in [0.25, 0.3) is 0 Å². The van der Waals surface area contributed by atoms with Crippen molar-refractivity contribution < 1.29 is 13.7 Å². The zero-order valence-corrected chi connectivity index (χ0v) is 9.74. The molecule has 1 fully saturated rings. The average molecular weight is 238 g/mol. The highest BCUT2D eigenvalue weighted by Crippen LogP contribution is 2.15. The largest absolute Gasteiger partial charge is 0.381 e. The summed E-state index contributed by atoms with van der Waals surface area (Å²) in [6, 6.07) is 9.10. The number of benzene rings is 1. The monoisotopic (exact) mass is 238 g/mol. The standard InChI is InChI=1S/C12H14O3S/c13-12(10-6-7-15-8-10)9-16(14)11-4-2-1-3-5-11/h1-5,10H,6-9H2. The van der Waals surface area contributed by atoms with Gasteiger partial charge in [0, 0.05) is 17.4 Å². The molecule has 4 heteroatoms. The van der Waals surface area contributed by atoms with E-state index in [1.807, 2.05) is 18.2 Å². The first-order chi connectivity index (χ1) is 7.77. The summed E-state index contributed by atoms with van der Waals surface area (Å²) in [6.07, 6.45) is 0.769. The van der Waals surface area contributed by atoms with Crippen LogP contribution < -0.4 is 0 Å². The van der Waals surface area contributed by atoms with E-state index in [1.54, 1.807) is 12.1 Å². The van der Waals surface area contributed by atoms with Gasteiger partial charge in [-0.05, 0) is 18.6 Å². The normalized spacial score (nSPS) is 21.9. The third-order valence-electron chi connectivity index (χ3n) is 2.66.